The Labute approximate surface area is 200 Å². The van der Waals surface area contributed by atoms with Gasteiger partial charge < -0.3 is 14.3 Å². The molecule has 0 saturated carbocycles. The molecule has 1 aliphatic heterocycles. The molecule has 36 heavy (non-hydrogen) atoms. The lowest BCUT2D eigenvalue weighted by molar-refractivity contribution is -0.142. The second kappa shape index (κ2) is 7.76. The number of rotatable bonds is 3. The van der Waals surface area contributed by atoms with Crippen LogP contribution in [0.15, 0.2) is 41.2 Å². The lowest BCUT2D eigenvalue weighted by Crippen LogP contribution is -2.41. The van der Waals surface area contributed by atoms with E-state index < -0.39 is 23.8 Å². The van der Waals surface area contributed by atoms with Gasteiger partial charge in [-0.05, 0) is 25.1 Å². The lowest BCUT2D eigenvalue weighted by atomic mass is 9.99. The number of hydrogen-bond donors (Lipinski definition) is 1. The summed E-state index contributed by atoms with van der Waals surface area (Å²) >= 11 is 0. The zero-order valence-electron chi connectivity index (χ0n) is 19.0. The SMILES string of the molecule is Cc1c(-c2nnc(C(=O)N3CCc4[nH]cnc4[C@H]3c3cc4cccc(C(F)(F)F)n4n3)o2)cnn1C. The number of carbonyl (C=O) groups excluding carboxylic acids is 1. The van der Waals surface area contributed by atoms with Crippen molar-refractivity contribution in [3.8, 4) is 11.5 Å². The van der Waals surface area contributed by atoms with Gasteiger partial charge in [-0.15, -0.1) is 10.2 Å². The molecule has 0 radical (unpaired) electrons. The summed E-state index contributed by atoms with van der Waals surface area (Å²) in [4.78, 5) is 22.4. The van der Waals surface area contributed by atoms with Gasteiger partial charge in [0.05, 0.1) is 35.0 Å². The zero-order valence-corrected chi connectivity index (χ0v) is 19.0. The summed E-state index contributed by atoms with van der Waals surface area (Å²) in [6.07, 6.45) is -1.10. The molecule has 1 amide bonds. The molecule has 184 valence electrons. The van der Waals surface area contributed by atoms with Gasteiger partial charge in [-0.2, -0.15) is 23.4 Å². The van der Waals surface area contributed by atoms with E-state index in [4.69, 9.17) is 4.42 Å². The summed E-state index contributed by atoms with van der Waals surface area (Å²) in [5, 5.41) is 16.3. The van der Waals surface area contributed by atoms with Gasteiger partial charge in [0.25, 0.3) is 5.89 Å². The highest BCUT2D eigenvalue weighted by atomic mass is 19.4. The van der Waals surface area contributed by atoms with Crippen LogP contribution in [0, 0.1) is 6.92 Å². The van der Waals surface area contributed by atoms with E-state index in [2.05, 4.69) is 30.4 Å². The van der Waals surface area contributed by atoms with Crippen LogP contribution in [-0.2, 0) is 19.6 Å². The van der Waals surface area contributed by atoms with Gasteiger partial charge in [0, 0.05) is 31.4 Å². The summed E-state index contributed by atoms with van der Waals surface area (Å²) in [7, 11) is 1.76. The number of H-pyrrole nitrogens is 1. The maximum absolute atomic E-state index is 13.6. The molecule has 1 aliphatic rings. The number of imidazole rings is 1. The van der Waals surface area contributed by atoms with Crippen molar-refractivity contribution in [2.45, 2.75) is 25.6 Å². The fourth-order valence-electron chi connectivity index (χ4n) is 4.43. The van der Waals surface area contributed by atoms with E-state index in [-0.39, 0.29) is 29.5 Å². The minimum Gasteiger partial charge on any atom is -0.412 e. The Morgan fingerprint density at radius 2 is 2.08 bits per heavy atom. The maximum atomic E-state index is 13.6. The first-order valence-corrected chi connectivity index (χ1v) is 10.9. The van der Waals surface area contributed by atoms with Crippen LogP contribution in [0.2, 0.25) is 0 Å². The minimum absolute atomic E-state index is 0.139. The standard InChI is InChI=1S/C22H18F3N9O2/c1-11-13(9-28-32(11)2)19-29-30-20(36-19)21(35)33-7-6-14-17(27-10-26-14)18(33)15-8-12-4-3-5-16(22(23,24)25)34(12)31-15/h3-5,8-10,18H,6-7H2,1-2H3,(H,26,27)/t18-/m1/s1. The Balaban J connectivity index is 1.42. The molecule has 14 heteroatoms. The highest BCUT2D eigenvalue weighted by Gasteiger charge is 2.39. The van der Waals surface area contributed by atoms with Crippen molar-refractivity contribution in [2.24, 2.45) is 7.05 Å². The molecular formula is C22H18F3N9O2. The van der Waals surface area contributed by atoms with Crippen molar-refractivity contribution in [1.82, 2.24) is 44.5 Å². The highest BCUT2D eigenvalue weighted by Crippen LogP contribution is 2.36. The monoisotopic (exact) mass is 497 g/mol. The topological polar surface area (TPSA) is 123 Å². The van der Waals surface area contributed by atoms with Crippen LogP contribution in [0.5, 0.6) is 0 Å². The Bertz CT molecular complexity index is 1610. The third kappa shape index (κ3) is 3.36. The highest BCUT2D eigenvalue weighted by molar-refractivity contribution is 5.90. The fraction of sp³-hybridized carbons (Fsp3) is 0.273. The van der Waals surface area contributed by atoms with E-state index in [9.17, 15) is 18.0 Å². The summed E-state index contributed by atoms with van der Waals surface area (Å²) in [6.45, 7) is 2.06. The molecule has 0 unspecified atom stereocenters. The number of amides is 1. The molecule has 6 rings (SSSR count). The molecular weight excluding hydrogens is 479 g/mol. The smallest absolute Gasteiger partial charge is 0.412 e. The first-order valence-electron chi connectivity index (χ1n) is 10.9. The number of aromatic nitrogens is 8. The van der Waals surface area contributed by atoms with Gasteiger partial charge in [0.1, 0.15) is 11.7 Å². The number of nitrogens with zero attached hydrogens (tertiary/aromatic N) is 8. The average molecular weight is 497 g/mol. The molecule has 11 nitrogen and oxygen atoms in total. The molecule has 1 N–H and O–H groups in total. The summed E-state index contributed by atoms with van der Waals surface area (Å²) in [5.41, 5.74) is 2.19. The van der Waals surface area contributed by atoms with E-state index in [1.54, 1.807) is 17.9 Å². The van der Waals surface area contributed by atoms with Crippen molar-refractivity contribution < 1.29 is 22.4 Å². The minimum atomic E-state index is -4.60. The van der Waals surface area contributed by atoms with Crippen LogP contribution in [0.4, 0.5) is 13.2 Å². The number of aromatic amines is 1. The van der Waals surface area contributed by atoms with Gasteiger partial charge >= 0.3 is 18.0 Å². The van der Waals surface area contributed by atoms with Crippen LogP contribution < -0.4 is 0 Å². The number of aryl methyl sites for hydroxylation is 1. The quantitative estimate of drug-likeness (QED) is 0.407. The number of nitrogens with one attached hydrogen (secondary N) is 1. The molecule has 5 aromatic heterocycles. The largest absolute Gasteiger partial charge is 0.433 e. The van der Waals surface area contributed by atoms with Crippen LogP contribution in [0.3, 0.4) is 0 Å². The molecule has 0 aliphatic carbocycles. The molecule has 5 aromatic rings. The predicted octanol–water partition coefficient (Wildman–Crippen LogP) is 2.96. The number of hydrogen-bond acceptors (Lipinski definition) is 7. The third-order valence-electron chi connectivity index (χ3n) is 6.34. The van der Waals surface area contributed by atoms with Crippen LogP contribution in [-0.4, -0.2) is 56.9 Å². The number of carbonyl (C=O) groups is 1. The normalized spacial score (nSPS) is 16.0. The Kier molecular flexibility index (Phi) is 4.74. The third-order valence-corrected chi connectivity index (χ3v) is 6.34. The number of alkyl halides is 3. The van der Waals surface area contributed by atoms with Crippen LogP contribution in [0.1, 0.15) is 45.2 Å². The summed E-state index contributed by atoms with van der Waals surface area (Å²) in [6, 6.07) is 4.44. The Morgan fingerprint density at radius 3 is 2.83 bits per heavy atom. The maximum Gasteiger partial charge on any atom is 0.433 e. The molecule has 1 atom stereocenters. The number of pyridine rings is 1. The van der Waals surface area contributed by atoms with Crippen LogP contribution in [0.25, 0.3) is 17.0 Å². The molecule has 0 bridgehead atoms. The molecule has 0 saturated heterocycles. The van der Waals surface area contributed by atoms with Gasteiger partial charge in [-0.3, -0.25) is 9.48 Å². The van der Waals surface area contributed by atoms with Crippen molar-refractivity contribution in [1.29, 1.82) is 0 Å². The molecule has 6 heterocycles. The zero-order chi connectivity index (χ0) is 25.2. The van der Waals surface area contributed by atoms with Gasteiger partial charge in [0.2, 0.25) is 0 Å². The number of halogens is 3. The Morgan fingerprint density at radius 1 is 1.25 bits per heavy atom. The molecule has 0 spiro atoms. The summed E-state index contributed by atoms with van der Waals surface area (Å²) < 4.78 is 48.9. The van der Waals surface area contributed by atoms with Crippen molar-refractivity contribution in [2.75, 3.05) is 6.54 Å². The summed E-state index contributed by atoms with van der Waals surface area (Å²) in [5.74, 6) is -0.695. The van der Waals surface area contributed by atoms with Gasteiger partial charge in [0.15, 0.2) is 0 Å². The van der Waals surface area contributed by atoms with E-state index in [0.717, 1.165) is 22.0 Å². The molecule has 0 fully saturated rings. The van der Waals surface area contributed by atoms with E-state index >= 15 is 0 Å². The second-order valence-electron chi connectivity index (χ2n) is 8.41. The van der Waals surface area contributed by atoms with Crippen molar-refractivity contribution in [3.63, 3.8) is 0 Å². The fourth-order valence-corrected chi connectivity index (χ4v) is 4.43. The first-order chi connectivity index (χ1) is 17.2. The average Bonchev–Trinajstić information content (AvgIpc) is 3.64. The van der Waals surface area contributed by atoms with Crippen molar-refractivity contribution >= 4 is 11.4 Å². The van der Waals surface area contributed by atoms with E-state index in [1.165, 1.54) is 29.4 Å². The second-order valence-corrected chi connectivity index (χ2v) is 8.41. The Hall–Kier alpha value is -4.49. The first kappa shape index (κ1) is 22.0. The lowest BCUT2D eigenvalue weighted by Gasteiger charge is -2.32. The van der Waals surface area contributed by atoms with Crippen LogP contribution >= 0.6 is 0 Å². The van der Waals surface area contributed by atoms with Gasteiger partial charge in [-0.1, -0.05) is 6.07 Å². The predicted molar refractivity (Wildman–Crippen MR) is 117 cm³/mol. The van der Waals surface area contributed by atoms with E-state index in [0.29, 0.717) is 17.7 Å². The van der Waals surface area contributed by atoms with Gasteiger partial charge in [-0.25, -0.2) is 9.50 Å². The van der Waals surface area contributed by atoms with Crippen molar-refractivity contribution in [3.05, 3.63) is 71.1 Å². The van der Waals surface area contributed by atoms with E-state index in [1.807, 2.05) is 6.92 Å². The number of fused-ring (bicyclic) bond motifs is 2. The molecule has 0 aromatic carbocycles.